The molecule has 2 heterocycles. The van der Waals surface area contributed by atoms with Gasteiger partial charge >= 0.3 is 5.97 Å². The molecular formula is C21H16FN3O3S. The molecule has 2 aromatic carbocycles. The van der Waals surface area contributed by atoms with Crippen molar-refractivity contribution in [2.75, 3.05) is 7.11 Å². The molecule has 0 N–H and O–H groups in total. The van der Waals surface area contributed by atoms with E-state index < -0.39 is 11.8 Å². The average molecular weight is 409 g/mol. The van der Waals surface area contributed by atoms with Crippen LogP contribution in [0.25, 0.3) is 16.4 Å². The van der Waals surface area contributed by atoms with E-state index in [-0.39, 0.29) is 12.4 Å². The second kappa shape index (κ2) is 8.24. The van der Waals surface area contributed by atoms with Crippen molar-refractivity contribution in [2.45, 2.75) is 6.61 Å². The van der Waals surface area contributed by atoms with E-state index in [1.54, 1.807) is 31.4 Å². The van der Waals surface area contributed by atoms with Gasteiger partial charge in [-0.15, -0.1) is 16.4 Å². The van der Waals surface area contributed by atoms with Crippen LogP contribution in [0.2, 0.25) is 0 Å². The molecule has 0 saturated carbocycles. The lowest BCUT2D eigenvalue weighted by Crippen LogP contribution is -2.08. The predicted octanol–water partition coefficient (Wildman–Crippen LogP) is 4.50. The Bertz CT molecular complexity index is 1140. The summed E-state index contributed by atoms with van der Waals surface area (Å²) < 4.78 is 25.7. The number of carbonyl (C=O) groups is 1. The van der Waals surface area contributed by atoms with Crippen molar-refractivity contribution in [3.8, 4) is 22.1 Å². The quantitative estimate of drug-likeness (QED) is 0.439. The number of methoxy groups -OCH3 is 1. The zero-order chi connectivity index (χ0) is 20.2. The minimum Gasteiger partial charge on any atom is -0.497 e. The Morgan fingerprint density at radius 2 is 2.00 bits per heavy atom. The second-order valence-corrected chi connectivity index (χ2v) is 7.00. The summed E-state index contributed by atoms with van der Waals surface area (Å²) in [5, 5.41) is 6.16. The molecule has 6 nitrogen and oxygen atoms in total. The number of ether oxygens (including phenoxy) is 2. The molecule has 0 spiro atoms. The molecule has 0 fully saturated rings. The number of hydrogen-bond acceptors (Lipinski definition) is 6. The summed E-state index contributed by atoms with van der Waals surface area (Å²) in [5.41, 5.74) is 1.24. The summed E-state index contributed by atoms with van der Waals surface area (Å²) in [7, 11) is 1.57. The van der Waals surface area contributed by atoms with Crippen LogP contribution in [-0.2, 0) is 11.3 Å². The molecule has 146 valence electrons. The smallest absolute Gasteiger partial charge is 0.378 e. The van der Waals surface area contributed by atoms with Crippen LogP contribution >= 0.6 is 11.3 Å². The summed E-state index contributed by atoms with van der Waals surface area (Å²) in [6.07, 6.45) is 0. The van der Waals surface area contributed by atoms with E-state index in [1.807, 2.05) is 29.6 Å². The first-order valence-corrected chi connectivity index (χ1v) is 9.59. The topological polar surface area (TPSA) is 66.2 Å². The third-order valence-corrected chi connectivity index (χ3v) is 4.95. The van der Waals surface area contributed by atoms with Gasteiger partial charge in [0.2, 0.25) is 0 Å². The predicted molar refractivity (Wildman–Crippen MR) is 107 cm³/mol. The molecular weight excluding hydrogens is 393 g/mol. The number of aromatic nitrogens is 3. The van der Waals surface area contributed by atoms with Gasteiger partial charge in [-0.2, -0.15) is 4.98 Å². The third kappa shape index (κ3) is 4.17. The lowest BCUT2D eigenvalue weighted by atomic mass is 10.2. The summed E-state index contributed by atoms with van der Waals surface area (Å²) >= 11 is 1.45. The highest BCUT2D eigenvalue weighted by molar-refractivity contribution is 7.13. The molecule has 0 saturated heterocycles. The Morgan fingerprint density at radius 1 is 1.14 bits per heavy atom. The SMILES string of the molecule is COc1cccc(COC(=O)c2nc(-c3cccs3)n(-c3cccc(F)c3)n2)c1. The molecule has 0 aliphatic rings. The van der Waals surface area contributed by atoms with Crippen molar-refractivity contribution in [3.63, 3.8) is 0 Å². The lowest BCUT2D eigenvalue weighted by Gasteiger charge is -2.05. The normalized spacial score (nSPS) is 10.7. The highest BCUT2D eigenvalue weighted by atomic mass is 32.1. The first kappa shape index (κ1) is 18.8. The fourth-order valence-corrected chi connectivity index (χ4v) is 3.43. The van der Waals surface area contributed by atoms with Crippen LogP contribution in [0.3, 0.4) is 0 Å². The first-order valence-electron chi connectivity index (χ1n) is 8.71. The lowest BCUT2D eigenvalue weighted by molar-refractivity contribution is 0.0458. The second-order valence-electron chi connectivity index (χ2n) is 6.06. The van der Waals surface area contributed by atoms with Crippen LogP contribution < -0.4 is 4.74 Å². The summed E-state index contributed by atoms with van der Waals surface area (Å²) in [6, 6.07) is 16.9. The van der Waals surface area contributed by atoms with Gasteiger partial charge in [0, 0.05) is 0 Å². The Morgan fingerprint density at radius 3 is 2.76 bits per heavy atom. The van der Waals surface area contributed by atoms with Gasteiger partial charge in [0.15, 0.2) is 5.82 Å². The van der Waals surface area contributed by atoms with Gasteiger partial charge < -0.3 is 9.47 Å². The van der Waals surface area contributed by atoms with Crippen LogP contribution in [0.5, 0.6) is 5.75 Å². The maximum atomic E-state index is 13.7. The Kier molecular flexibility index (Phi) is 5.35. The largest absolute Gasteiger partial charge is 0.497 e. The van der Waals surface area contributed by atoms with Gasteiger partial charge in [-0.3, -0.25) is 0 Å². The molecule has 0 aliphatic heterocycles. The number of benzene rings is 2. The van der Waals surface area contributed by atoms with E-state index >= 15 is 0 Å². The highest BCUT2D eigenvalue weighted by Crippen LogP contribution is 2.26. The maximum absolute atomic E-state index is 13.7. The Hall–Kier alpha value is -3.52. The molecule has 0 unspecified atom stereocenters. The third-order valence-electron chi connectivity index (χ3n) is 4.09. The van der Waals surface area contributed by atoms with E-state index in [2.05, 4.69) is 10.1 Å². The fraction of sp³-hybridized carbons (Fsp3) is 0.0952. The van der Waals surface area contributed by atoms with Crippen molar-refractivity contribution in [1.29, 1.82) is 0 Å². The number of esters is 1. The molecule has 0 atom stereocenters. The number of carbonyl (C=O) groups excluding carboxylic acids is 1. The number of halogens is 1. The van der Waals surface area contributed by atoms with Gasteiger partial charge in [-0.25, -0.2) is 13.9 Å². The molecule has 4 rings (SSSR count). The van der Waals surface area contributed by atoms with E-state index in [0.717, 1.165) is 10.4 Å². The van der Waals surface area contributed by atoms with Crippen LogP contribution in [0.4, 0.5) is 4.39 Å². The standard InChI is InChI=1S/C21H16FN3O3S/c1-27-17-8-2-5-14(11-17)13-28-21(26)19-23-20(18-9-4-10-29-18)25(24-19)16-7-3-6-15(22)12-16/h2-12H,13H2,1H3. The Labute approximate surface area is 170 Å². The average Bonchev–Trinajstić information content (AvgIpc) is 3.42. The summed E-state index contributed by atoms with van der Waals surface area (Å²) in [4.78, 5) is 17.7. The van der Waals surface area contributed by atoms with Crippen molar-refractivity contribution in [2.24, 2.45) is 0 Å². The van der Waals surface area contributed by atoms with Crippen molar-refractivity contribution >= 4 is 17.3 Å². The monoisotopic (exact) mass is 409 g/mol. The first-order chi connectivity index (χ1) is 14.1. The molecule has 8 heteroatoms. The fourth-order valence-electron chi connectivity index (χ4n) is 2.73. The molecule has 4 aromatic rings. The minimum absolute atomic E-state index is 0.0544. The maximum Gasteiger partial charge on any atom is 0.378 e. The molecule has 29 heavy (non-hydrogen) atoms. The van der Waals surface area contributed by atoms with Crippen LogP contribution in [0, 0.1) is 5.82 Å². The van der Waals surface area contributed by atoms with E-state index in [1.165, 1.54) is 28.2 Å². The van der Waals surface area contributed by atoms with Crippen molar-refractivity contribution in [1.82, 2.24) is 14.8 Å². The molecule has 0 bridgehead atoms. The van der Waals surface area contributed by atoms with E-state index in [4.69, 9.17) is 9.47 Å². The molecule has 0 amide bonds. The van der Waals surface area contributed by atoms with Crippen molar-refractivity contribution in [3.05, 3.63) is 83.2 Å². The van der Waals surface area contributed by atoms with Crippen molar-refractivity contribution < 1.29 is 18.7 Å². The minimum atomic E-state index is -0.666. The number of nitrogens with zero attached hydrogens (tertiary/aromatic N) is 3. The Balaban J connectivity index is 1.62. The van der Waals surface area contributed by atoms with Gasteiger partial charge in [0.25, 0.3) is 5.82 Å². The van der Waals surface area contributed by atoms with Crippen LogP contribution in [0.1, 0.15) is 16.2 Å². The number of hydrogen-bond donors (Lipinski definition) is 0. The van der Waals surface area contributed by atoms with Crippen LogP contribution in [-0.4, -0.2) is 27.8 Å². The van der Waals surface area contributed by atoms with Gasteiger partial charge in [0.1, 0.15) is 18.2 Å². The highest BCUT2D eigenvalue weighted by Gasteiger charge is 2.21. The van der Waals surface area contributed by atoms with Gasteiger partial charge in [-0.1, -0.05) is 24.3 Å². The van der Waals surface area contributed by atoms with Crippen LogP contribution in [0.15, 0.2) is 66.0 Å². The molecule has 0 radical (unpaired) electrons. The van der Waals surface area contributed by atoms with E-state index in [9.17, 15) is 9.18 Å². The molecule has 0 aliphatic carbocycles. The molecule has 2 aromatic heterocycles. The van der Waals surface area contributed by atoms with E-state index in [0.29, 0.717) is 17.3 Å². The zero-order valence-corrected chi connectivity index (χ0v) is 16.2. The zero-order valence-electron chi connectivity index (χ0n) is 15.4. The van der Waals surface area contributed by atoms with Gasteiger partial charge in [0.05, 0.1) is 17.7 Å². The summed E-state index contributed by atoms with van der Waals surface area (Å²) in [5.74, 6) is -0.0513. The summed E-state index contributed by atoms with van der Waals surface area (Å²) in [6.45, 7) is 0.0544. The number of rotatable bonds is 6. The van der Waals surface area contributed by atoms with Gasteiger partial charge in [-0.05, 0) is 47.3 Å². The number of thiophene rings is 1.